The zero-order valence-electron chi connectivity index (χ0n) is 15.3. The summed E-state index contributed by atoms with van der Waals surface area (Å²) in [4.78, 5) is 27.9. The Bertz CT molecular complexity index is 787. The zero-order chi connectivity index (χ0) is 18.7. The molecule has 1 aliphatic heterocycles. The third-order valence-electron chi connectivity index (χ3n) is 4.68. The van der Waals surface area contributed by atoms with Crippen LogP contribution >= 0.6 is 0 Å². The molecule has 26 heavy (non-hydrogen) atoms. The first-order valence-electron chi connectivity index (χ1n) is 8.65. The Kier molecular flexibility index (Phi) is 5.25. The molecule has 0 bridgehead atoms. The van der Waals surface area contributed by atoms with Crippen LogP contribution in [0.3, 0.4) is 0 Å². The van der Waals surface area contributed by atoms with Gasteiger partial charge in [0.05, 0.1) is 16.8 Å². The van der Waals surface area contributed by atoms with Crippen LogP contribution in [0.15, 0.2) is 28.8 Å². The Morgan fingerprint density at radius 3 is 2.38 bits per heavy atom. The molecular formula is C19H23N3O4. The third kappa shape index (κ3) is 3.71. The molecule has 1 saturated heterocycles. The largest absolute Gasteiger partial charge is 0.488 e. The molecule has 1 aromatic carbocycles. The minimum absolute atomic E-state index is 0.0419. The number of rotatable bonds is 4. The zero-order valence-corrected chi connectivity index (χ0v) is 15.3. The summed E-state index contributed by atoms with van der Waals surface area (Å²) in [7, 11) is 0. The van der Waals surface area contributed by atoms with E-state index >= 15 is 0 Å². The van der Waals surface area contributed by atoms with Crippen molar-refractivity contribution in [1.29, 1.82) is 0 Å². The summed E-state index contributed by atoms with van der Waals surface area (Å²) in [5, 5.41) is 3.92. The van der Waals surface area contributed by atoms with Crippen molar-refractivity contribution in [1.82, 2.24) is 15.0 Å². The van der Waals surface area contributed by atoms with Gasteiger partial charge in [0, 0.05) is 33.1 Å². The molecule has 3 rings (SSSR count). The number of carbonyl (C=O) groups excluding carboxylic acids is 2. The Hall–Kier alpha value is -2.83. The van der Waals surface area contributed by atoms with Crippen molar-refractivity contribution in [2.75, 3.05) is 26.2 Å². The maximum atomic E-state index is 12.9. The lowest BCUT2D eigenvalue weighted by Crippen LogP contribution is -2.50. The molecule has 1 aliphatic rings. The number of amides is 2. The van der Waals surface area contributed by atoms with Crippen molar-refractivity contribution in [2.24, 2.45) is 0 Å². The summed E-state index contributed by atoms with van der Waals surface area (Å²) in [6.45, 7) is 7.71. The van der Waals surface area contributed by atoms with Gasteiger partial charge in [-0.3, -0.25) is 9.59 Å². The second kappa shape index (κ2) is 7.59. The van der Waals surface area contributed by atoms with Gasteiger partial charge in [-0.1, -0.05) is 17.3 Å². The van der Waals surface area contributed by atoms with E-state index in [1.54, 1.807) is 28.9 Å². The highest BCUT2D eigenvalue weighted by Crippen LogP contribution is 2.23. The van der Waals surface area contributed by atoms with Gasteiger partial charge in [0.1, 0.15) is 18.1 Å². The normalized spacial score (nSPS) is 14.4. The molecule has 0 spiro atoms. The fourth-order valence-electron chi connectivity index (χ4n) is 3.02. The van der Waals surface area contributed by atoms with Gasteiger partial charge in [-0.15, -0.1) is 0 Å². The number of hydrogen-bond acceptors (Lipinski definition) is 5. The van der Waals surface area contributed by atoms with Crippen LogP contribution in [0, 0.1) is 13.8 Å². The smallest absolute Gasteiger partial charge is 0.257 e. The number of para-hydroxylation sites is 1. The lowest BCUT2D eigenvalue weighted by Gasteiger charge is -2.34. The minimum atomic E-state index is -0.0810. The topological polar surface area (TPSA) is 75.9 Å². The van der Waals surface area contributed by atoms with E-state index in [0.29, 0.717) is 49.9 Å². The summed E-state index contributed by atoms with van der Waals surface area (Å²) in [6, 6.07) is 7.22. The molecular weight excluding hydrogens is 334 g/mol. The first-order valence-corrected chi connectivity index (χ1v) is 8.65. The van der Waals surface area contributed by atoms with Gasteiger partial charge < -0.3 is 19.1 Å². The van der Waals surface area contributed by atoms with Crippen LogP contribution in [0.2, 0.25) is 0 Å². The van der Waals surface area contributed by atoms with Crippen LogP contribution in [0.4, 0.5) is 0 Å². The number of carbonyl (C=O) groups is 2. The fourth-order valence-corrected chi connectivity index (χ4v) is 3.02. The van der Waals surface area contributed by atoms with Crippen LogP contribution in [-0.2, 0) is 11.4 Å². The van der Waals surface area contributed by atoms with Gasteiger partial charge in [0.15, 0.2) is 0 Å². The Balaban J connectivity index is 1.71. The van der Waals surface area contributed by atoms with E-state index in [0.717, 1.165) is 11.3 Å². The maximum Gasteiger partial charge on any atom is 0.257 e. The van der Waals surface area contributed by atoms with Crippen molar-refractivity contribution < 1.29 is 18.8 Å². The van der Waals surface area contributed by atoms with Crippen LogP contribution in [0.5, 0.6) is 5.75 Å². The lowest BCUT2D eigenvalue weighted by atomic mass is 10.1. The van der Waals surface area contributed by atoms with E-state index in [9.17, 15) is 9.59 Å². The van der Waals surface area contributed by atoms with Gasteiger partial charge in [-0.2, -0.15) is 0 Å². The van der Waals surface area contributed by atoms with Gasteiger partial charge in [0.2, 0.25) is 5.91 Å². The number of benzene rings is 1. The molecule has 0 N–H and O–H groups in total. The second-order valence-corrected chi connectivity index (χ2v) is 6.39. The molecule has 138 valence electrons. The number of ether oxygens (including phenoxy) is 1. The Labute approximate surface area is 152 Å². The predicted octanol–water partition coefficient (Wildman–Crippen LogP) is 2.17. The molecule has 2 heterocycles. The van der Waals surface area contributed by atoms with Crippen LogP contribution in [0.25, 0.3) is 0 Å². The van der Waals surface area contributed by atoms with E-state index in [1.165, 1.54) is 0 Å². The molecule has 0 atom stereocenters. The second-order valence-electron chi connectivity index (χ2n) is 6.39. The molecule has 0 radical (unpaired) electrons. The monoisotopic (exact) mass is 357 g/mol. The summed E-state index contributed by atoms with van der Waals surface area (Å²) in [5.41, 5.74) is 2.20. The van der Waals surface area contributed by atoms with Gasteiger partial charge >= 0.3 is 0 Å². The predicted molar refractivity (Wildman–Crippen MR) is 94.9 cm³/mol. The summed E-state index contributed by atoms with van der Waals surface area (Å²) >= 11 is 0. The fraction of sp³-hybridized carbons (Fsp3) is 0.421. The molecule has 1 fully saturated rings. The standard InChI is InChI=1S/C19H23N3O4/c1-13-17(14(2)26-20-13)12-25-18-7-5-4-6-16(18)19(24)22-10-8-21(9-11-22)15(3)23/h4-7H,8-12H2,1-3H3. The van der Waals surface area contributed by atoms with Gasteiger partial charge in [-0.05, 0) is 26.0 Å². The van der Waals surface area contributed by atoms with E-state index in [4.69, 9.17) is 9.26 Å². The molecule has 2 aromatic rings. The summed E-state index contributed by atoms with van der Waals surface area (Å²) in [5.74, 6) is 1.21. The molecule has 0 unspecified atom stereocenters. The SMILES string of the molecule is CC(=O)N1CCN(C(=O)c2ccccc2OCc2c(C)noc2C)CC1. The highest BCUT2D eigenvalue weighted by molar-refractivity contribution is 5.97. The van der Waals surface area contributed by atoms with Crippen molar-refractivity contribution in [2.45, 2.75) is 27.4 Å². The van der Waals surface area contributed by atoms with Crippen molar-refractivity contribution in [3.8, 4) is 5.75 Å². The number of hydrogen-bond donors (Lipinski definition) is 0. The molecule has 0 saturated carbocycles. The van der Waals surface area contributed by atoms with Crippen molar-refractivity contribution in [3.05, 3.63) is 46.8 Å². The highest BCUT2D eigenvalue weighted by atomic mass is 16.5. The first kappa shape index (κ1) is 18.0. The number of aryl methyl sites for hydroxylation is 2. The number of piperazine rings is 1. The molecule has 0 aliphatic carbocycles. The van der Waals surface area contributed by atoms with Gasteiger partial charge in [-0.25, -0.2) is 0 Å². The highest BCUT2D eigenvalue weighted by Gasteiger charge is 2.25. The lowest BCUT2D eigenvalue weighted by molar-refractivity contribution is -0.130. The third-order valence-corrected chi connectivity index (χ3v) is 4.68. The minimum Gasteiger partial charge on any atom is -0.488 e. The average Bonchev–Trinajstić information content (AvgIpc) is 2.97. The molecule has 2 amide bonds. The quantitative estimate of drug-likeness (QED) is 0.838. The van der Waals surface area contributed by atoms with E-state index in [1.807, 2.05) is 26.0 Å². The van der Waals surface area contributed by atoms with Gasteiger partial charge in [0.25, 0.3) is 5.91 Å². The summed E-state index contributed by atoms with van der Waals surface area (Å²) < 4.78 is 11.1. The molecule has 7 heteroatoms. The number of nitrogens with zero attached hydrogens (tertiary/aromatic N) is 3. The van der Waals surface area contributed by atoms with Crippen LogP contribution < -0.4 is 4.74 Å². The van der Waals surface area contributed by atoms with E-state index in [-0.39, 0.29) is 11.8 Å². The Morgan fingerprint density at radius 2 is 1.77 bits per heavy atom. The number of aromatic nitrogens is 1. The average molecular weight is 357 g/mol. The van der Waals surface area contributed by atoms with E-state index < -0.39 is 0 Å². The van der Waals surface area contributed by atoms with Crippen molar-refractivity contribution in [3.63, 3.8) is 0 Å². The maximum absolute atomic E-state index is 12.9. The first-order chi connectivity index (χ1) is 12.5. The Morgan fingerprint density at radius 1 is 1.12 bits per heavy atom. The molecule has 7 nitrogen and oxygen atoms in total. The molecule has 1 aromatic heterocycles. The van der Waals surface area contributed by atoms with Crippen molar-refractivity contribution >= 4 is 11.8 Å². The summed E-state index contributed by atoms with van der Waals surface area (Å²) in [6.07, 6.45) is 0. The van der Waals surface area contributed by atoms with Crippen LogP contribution in [0.1, 0.15) is 34.3 Å². The van der Waals surface area contributed by atoms with E-state index in [2.05, 4.69) is 5.16 Å². The van der Waals surface area contributed by atoms with Crippen LogP contribution in [-0.4, -0.2) is 52.9 Å².